The average molecular weight is 247 g/mol. The number of benzene rings is 1. The number of hydrogen-bond donors (Lipinski definition) is 1. The van der Waals surface area contributed by atoms with Gasteiger partial charge in [-0.1, -0.05) is 45.4 Å². The molecule has 1 aromatic carbocycles. The van der Waals surface area contributed by atoms with Gasteiger partial charge >= 0.3 is 0 Å². The van der Waals surface area contributed by atoms with Gasteiger partial charge < -0.3 is 5.32 Å². The third-order valence-electron chi connectivity index (χ3n) is 3.36. The third kappa shape index (κ3) is 3.59. The highest BCUT2D eigenvalue weighted by atomic mass is 16.1. The summed E-state index contributed by atoms with van der Waals surface area (Å²) in [5, 5.41) is 3.15. The molecule has 1 aromatic rings. The third-order valence-corrected chi connectivity index (χ3v) is 3.36. The van der Waals surface area contributed by atoms with Crippen molar-refractivity contribution in [3.8, 4) is 0 Å². The maximum absolute atomic E-state index is 12.3. The molecular weight excluding hydrogens is 222 g/mol. The summed E-state index contributed by atoms with van der Waals surface area (Å²) in [6.07, 6.45) is 0. The highest BCUT2D eigenvalue weighted by molar-refractivity contribution is 5.95. The van der Waals surface area contributed by atoms with E-state index in [2.05, 4.69) is 39.1 Å². The Morgan fingerprint density at radius 1 is 1.06 bits per heavy atom. The topological polar surface area (TPSA) is 29.1 Å². The van der Waals surface area contributed by atoms with Crippen LogP contribution in [0.2, 0.25) is 0 Å². The van der Waals surface area contributed by atoms with Crippen molar-refractivity contribution in [2.45, 2.75) is 47.6 Å². The Labute approximate surface area is 111 Å². The fourth-order valence-corrected chi connectivity index (χ4v) is 2.40. The first kappa shape index (κ1) is 14.7. The first-order valence-corrected chi connectivity index (χ1v) is 6.71. The molecule has 1 rings (SSSR count). The number of hydrogen-bond acceptors (Lipinski definition) is 1. The number of amides is 1. The number of carbonyl (C=O) groups excluding carboxylic acids is 1. The molecular formula is C16H25NO. The van der Waals surface area contributed by atoms with Crippen LogP contribution in [0.1, 0.15) is 49.2 Å². The van der Waals surface area contributed by atoms with E-state index in [1.165, 1.54) is 5.56 Å². The molecule has 0 aromatic heterocycles. The standard InChI is InChI=1S/C16H25NO/c1-10(2)15(11(3)4)17-16(18)14-8-7-12(5)9-13(14)6/h7-11,15H,1-6H3,(H,17,18). The molecule has 0 bridgehead atoms. The normalized spacial score (nSPS) is 11.4. The molecule has 2 nitrogen and oxygen atoms in total. The van der Waals surface area contributed by atoms with Crippen LogP contribution in [-0.2, 0) is 0 Å². The maximum atomic E-state index is 12.3. The van der Waals surface area contributed by atoms with E-state index in [1.807, 2.05) is 26.0 Å². The van der Waals surface area contributed by atoms with Crippen LogP contribution in [0.25, 0.3) is 0 Å². The lowest BCUT2D eigenvalue weighted by Gasteiger charge is -2.26. The number of nitrogens with one attached hydrogen (secondary N) is 1. The van der Waals surface area contributed by atoms with Crippen LogP contribution in [0, 0.1) is 25.7 Å². The molecule has 0 spiro atoms. The van der Waals surface area contributed by atoms with Gasteiger partial charge in [0.15, 0.2) is 0 Å². The lowest BCUT2D eigenvalue weighted by Crippen LogP contribution is -2.42. The van der Waals surface area contributed by atoms with E-state index in [1.54, 1.807) is 0 Å². The zero-order valence-electron chi connectivity index (χ0n) is 12.4. The van der Waals surface area contributed by atoms with Crippen molar-refractivity contribution in [1.82, 2.24) is 5.32 Å². The molecule has 0 unspecified atom stereocenters. The van der Waals surface area contributed by atoms with Crippen LogP contribution in [0.15, 0.2) is 18.2 Å². The Morgan fingerprint density at radius 3 is 2.06 bits per heavy atom. The summed E-state index contributed by atoms with van der Waals surface area (Å²) in [5.74, 6) is 0.930. The second-order valence-corrected chi connectivity index (χ2v) is 5.81. The quantitative estimate of drug-likeness (QED) is 0.863. The Morgan fingerprint density at radius 2 is 1.61 bits per heavy atom. The van der Waals surface area contributed by atoms with E-state index in [-0.39, 0.29) is 11.9 Å². The Balaban J connectivity index is 2.87. The molecule has 1 amide bonds. The van der Waals surface area contributed by atoms with E-state index in [4.69, 9.17) is 0 Å². The van der Waals surface area contributed by atoms with Crippen molar-refractivity contribution in [3.63, 3.8) is 0 Å². The van der Waals surface area contributed by atoms with E-state index in [0.717, 1.165) is 11.1 Å². The molecule has 0 aliphatic carbocycles. The van der Waals surface area contributed by atoms with E-state index >= 15 is 0 Å². The van der Waals surface area contributed by atoms with Gasteiger partial charge in [-0.05, 0) is 37.3 Å². The predicted molar refractivity (Wildman–Crippen MR) is 76.8 cm³/mol. The van der Waals surface area contributed by atoms with Gasteiger partial charge in [0, 0.05) is 11.6 Å². The van der Waals surface area contributed by atoms with Crippen LogP contribution >= 0.6 is 0 Å². The fourth-order valence-electron chi connectivity index (χ4n) is 2.40. The van der Waals surface area contributed by atoms with Crippen molar-refractivity contribution >= 4 is 5.91 Å². The van der Waals surface area contributed by atoms with Crippen molar-refractivity contribution in [3.05, 3.63) is 34.9 Å². The minimum absolute atomic E-state index is 0.0416. The number of rotatable bonds is 4. The first-order chi connectivity index (χ1) is 8.32. The van der Waals surface area contributed by atoms with Crippen molar-refractivity contribution < 1.29 is 4.79 Å². The summed E-state index contributed by atoms with van der Waals surface area (Å²) < 4.78 is 0. The van der Waals surface area contributed by atoms with Gasteiger partial charge in [-0.3, -0.25) is 4.79 Å². The first-order valence-electron chi connectivity index (χ1n) is 6.71. The highest BCUT2D eigenvalue weighted by Gasteiger charge is 2.20. The largest absolute Gasteiger partial charge is 0.349 e. The predicted octanol–water partition coefficient (Wildman–Crippen LogP) is 3.71. The molecule has 0 aliphatic rings. The Bertz CT molecular complexity index is 413. The average Bonchev–Trinajstić information content (AvgIpc) is 2.24. The summed E-state index contributed by atoms with van der Waals surface area (Å²) in [5.41, 5.74) is 3.01. The van der Waals surface area contributed by atoms with E-state index in [9.17, 15) is 4.79 Å². The number of carbonyl (C=O) groups is 1. The summed E-state index contributed by atoms with van der Waals surface area (Å²) in [6.45, 7) is 12.6. The summed E-state index contributed by atoms with van der Waals surface area (Å²) in [4.78, 5) is 12.3. The minimum Gasteiger partial charge on any atom is -0.349 e. The van der Waals surface area contributed by atoms with Crippen LogP contribution in [0.4, 0.5) is 0 Å². The van der Waals surface area contributed by atoms with Gasteiger partial charge in [-0.15, -0.1) is 0 Å². The van der Waals surface area contributed by atoms with Crippen molar-refractivity contribution in [2.75, 3.05) is 0 Å². The molecule has 18 heavy (non-hydrogen) atoms. The molecule has 100 valence electrons. The van der Waals surface area contributed by atoms with Crippen molar-refractivity contribution in [1.29, 1.82) is 0 Å². The lowest BCUT2D eigenvalue weighted by atomic mass is 9.92. The molecule has 2 heteroatoms. The molecule has 0 fully saturated rings. The van der Waals surface area contributed by atoms with Crippen LogP contribution in [-0.4, -0.2) is 11.9 Å². The summed E-state index contributed by atoms with van der Waals surface area (Å²) >= 11 is 0. The number of aryl methyl sites for hydroxylation is 2. The maximum Gasteiger partial charge on any atom is 0.251 e. The van der Waals surface area contributed by atoms with Crippen LogP contribution < -0.4 is 5.32 Å². The molecule has 1 N–H and O–H groups in total. The zero-order valence-corrected chi connectivity index (χ0v) is 12.4. The Kier molecular flexibility index (Phi) is 4.94. The molecule has 0 saturated heterocycles. The lowest BCUT2D eigenvalue weighted by molar-refractivity contribution is 0.0910. The van der Waals surface area contributed by atoms with Crippen molar-refractivity contribution in [2.24, 2.45) is 11.8 Å². The molecule has 0 aliphatic heterocycles. The summed E-state index contributed by atoms with van der Waals surface area (Å²) in [7, 11) is 0. The SMILES string of the molecule is Cc1ccc(C(=O)NC(C(C)C)C(C)C)c(C)c1. The van der Waals surface area contributed by atoms with Gasteiger partial charge in [-0.2, -0.15) is 0 Å². The second kappa shape index (κ2) is 6.03. The monoisotopic (exact) mass is 247 g/mol. The van der Waals surface area contributed by atoms with Crippen LogP contribution in [0.3, 0.4) is 0 Å². The molecule has 0 saturated carbocycles. The van der Waals surface area contributed by atoms with Gasteiger partial charge in [0.2, 0.25) is 0 Å². The fraction of sp³-hybridized carbons (Fsp3) is 0.562. The highest BCUT2D eigenvalue weighted by Crippen LogP contribution is 2.15. The van der Waals surface area contributed by atoms with E-state index in [0.29, 0.717) is 11.8 Å². The van der Waals surface area contributed by atoms with E-state index < -0.39 is 0 Å². The van der Waals surface area contributed by atoms with Gasteiger partial charge in [0.25, 0.3) is 5.91 Å². The summed E-state index contributed by atoms with van der Waals surface area (Å²) in [6, 6.07) is 6.17. The van der Waals surface area contributed by atoms with Gasteiger partial charge in [0.05, 0.1) is 0 Å². The smallest absolute Gasteiger partial charge is 0.251 e. The second-order valence-electron chi connectivity index (χ2n) is 5.81. The van der Waals surface area contributed by atoms with Crippen LogP contribution in [0.5, 0.6) is 0 Å². The zero-order chi connectivity index (χ0) is 13.9. The molecule has 0 radical (unpaired) electrons. The molecule has 0 atom stereocenters. The van der Waals surface area contributed by atoms with Gasteiger partial charge in [-0.25, -0.2) is 0 Å². The van der Waals surface area contributed by atoms with Gasteiger partial charge in [0.1, 0.15) is 0 Å². The Hall–Kier alpha value is -1.31. The minimum atomic E-state index is 0.0416. The molecule has 0 heterocycles.